The van der Waals surface area contributed by atoms with Gasteiger partial charge in [-0.25, -0.2) is 9.78 Å². The fourth-order valence-corrected chi connectivity index (χ4v) is 4.08. The Labute approximate surface area is 173 Å². The third-order valence-corrected chi connectivity index (χ3v) is 5.80. The molecule has 7 nitrogen and oxygen atoms in total. The van der Waals surface area contributed by atoms with Crippen LogP contribution in [0.15, 0.2) is 18.3 Å². The molecule has 3 amide bonds. The molecule has 0 atom stereocenters. The average Bonchev–Trinajstić information content (AvgIpc) is 2.77. The third kappa shape index (κ3) is 6.61. The van der Waals surface area contributed by atoms with Gasteiger partial charge < -0.3 is 20.3 Å². The van der Waals surface area contributed by atoms with Gasteiger partial charge in [-0.3, -0.25) is 4.79 Å². The van der Waals surface area contributed by atoms with Gasteiger partial charge in [0, 0.05) is 43.9 Å². The number of aromatic nitrogens is 1. The molecule has 1 aromatic rings. The van der Waals surface area contributed by atoms with E-state index in [0.717, 1.165) is 50.8 Å². The van der Waals surface area contributed by atoms with E-state index >= 15 is 0 Å². The summed E-state index contributed by atoms with van der Waals surface area (Å²) in [5.41, 5.74) is 0.928. The van der Waals surface area contributed by atoms with E-state index in [1.54, 1.807) is 6.20 Å². The van der Waals surface area contributed by atoms with Crippen molar-refractivity contribution in [1.29, 1.82) is 0 Å². The number of amides is 3. The Balaban J connectivity index is 1.34. The first-order chi connectivity index (χ1) is 14.2. The summed E-state index contributed by atoms with van der Waals surface area (Å²) in [5.74, 6) is 1.16. The van der Waals surface area contributed by atoms with E-state index in [1.807, 2.05) is 17.0 Å². The zero-order valence-corrected chi connectivity index (χ0v) is 17.5. The van der Waals surface area contributed by atoms with Crippen LogP contribution < -0.4 is 15.4 Å². The van der Waals surface area contributed by atoms with E-state index < -0.39 is 0 Å². The number of carbonyl (C=O) groups excluding carboxylic acids is 2. The van der Waals surface area contributed by atoms with Gasteiger partial charge in [0.1, 0.15) is 0 Å². The van der Waals surface area contributed by atoms with Crippen LogP contribution in [-0.4, -0.2) is 47.6 Å². The first-order valence-electron chi connectivity index (χ1n) is 11.1. The van der Waals surface area contributed by atoms with Crippen molar-refractivity contribution in [3.05, 3.63) is 23.9 Å². The quantitative estimate of drug-likeness (QED) is 0.733. The molecule has 29 heavy (non-hydrogen) atoms. The van der Waals surface area contributed by atoms with E-state index in [-0.39, 0.29) is 18.0 Å². The lowest BCUT2D eigenvalue weighted by Crippen LogP contribution is -2.50. The summed E-state index contributed by atoms with van der Waals surface area (Å²) in [4.78, 5) is 31.1. The summed E-state index contributed by atoms with van der Waals surface area (Å²) in [5, 5.41) is 5.92. The number of nitrogens with zero attached hydrogens (tertiary/aromatic N) is 2. The van der Waals surface area contributed by atoms with Crippen molar-refractivity contribution in [3.63, 3.8) is 0 Å². The fraction of sp³-hybridized carbons (Fsp3) is 0.682. The molecule has 0 spiro atoms. The van der Waals surface area contributed by atoms with Gasteiger partial charge in [-0.05, 0) is 37.7 Å². The fourth-order valence-electron chi connectivity index (χ4n) is 4.08. The Bertz CT molecular complexity index is 651. The lowest BCUT2D eigenvalue weighted by Gasteiger charge is -2.35. The van der Waals surface area contributed by atoms with Crippen LogP contribution in [0.2, 0.25) is 0 Å². The first kappa shape index (κ1) is 21.4. The van der Waals surface area contributed by atoms with Gasteiger partial charge in [-0.1, -0.05) is 32.3 Å². The molecule has 2 fully saturated rings. The minimum atomic E-state index is -0.173. The standard InChI is InChI=1S/C22H34N4O3/c1-2-14-29-20-9-8-17(15-23-20)16-24-22(28)25-19-10-12-26(13-11-19)21(27)18-6-4-3-5-7-18/h8-9,15,18-19H,2-7,10-14,16H2,1H3,(H2,24,25,28). The van der Waals surface area contributed by atoms with Crippen molar-refractivity contribution >= 4 is 11.9 Å². The van der Waals surface area contributed by atoms with Gasteiger partial charge in [0.15, 0.2) is 0 Å². The van der Waals surface area contributed by atoms with E-state index in [4.69, 9.17) is 4.74 Å². The normalized spacial score (nSPS) is 18.3. The van der Waals surface area contributed by atoms with Crippen LogP contribution in [-0.2, 0) is 11.3 Å². The van der Waals surface area contributed by atoms with Crippen LogP contribution in [0.3, 0.4) is 0 Å². The molecule has 2 aliphatic rings. The Hall–Kier alpha value is -2.31. The maximum Gasteiger partial charge on any atom is 0.315 e. The molecule has 0 aromatic carbocycles. The Morgan fingerprint density at radius 3 is 2.55 bits per heavy atom. The van der Waals surface area contributed by atoms with Gasteiger partial charge >= 0.3 is 6.03 Å². The highest BCUT2D eigenvalue weighted by atomic mass is 16.5. The van der Waals surface area contributed by atoms with Crippen molar-refractivity contribution in [3.8, 4) is 5.88 Å². The molecular weight excluding hydrogens is 368 g/mol. The minimum absolute atomic E-state index is 0.119. The molecule has 1 aliphatic heterocycles. The predicted molar refractivity (Wildman–Crippen MR) is 112 cm³/mol. The lowest BCUT2D eigenvalue weighted by molar-refractivity contribution is -0.137. The number of ether oxygens (including phenoxy) is 1. The molecule has 2 N–H and O–H groups in total. The molecule has 1 saturated carbocycles. The van der Waals surface area contributed by atoms with Crippen LogP contribution >= 0.6 is 0 Å². The SMILES string of the molecule is CCCOc1ccc(CNC(=O)NC2CCN(C(=O)C3CCCCC3)CC2)cn1. The molecule has 1 aromatic heterocycles. The molecular formula is C22H34N4O3. The van der Waals surface area contributed by atoms with E-state index in [2.05, 4.69) is 22.5 Å². The molecule has 160 valence electrons. The molecule has 7 heteroatoms. The molecule has 1 aliphatic carbocycles. The number of pyridine rings is 1. The van der Waals surface area contributed by atoms with Crippen LogP contribution in [0.4, 0.5) is 4.79 Å². The maximum atomic E-state index is 12.6. The Morgan fingerprint density at radius 1 is 1.14 bits per heavy atom. The van der Waals surface area contributed by atoms with Gasteiger partial charge in [0.05, 0.1) is 6.61 Å². The van der Waals surface area contributed by atoms with Gasteiger partial charge in [0.25, 0.3) is 0 Å². The van der Waals surface area contributed by atoms with Crippen molar-refractivity contribution in [2.24, 2.45) is 5.92 Å². The van der Waals surface area contributed by atoms with E-state index in [0.29, 0.717) is 24.9 Å². The summed E-state index contributed by atoms with van der Waals surface area (Å²) < 4.78 is 5.46. The van der Waals surface area contributed by atoms with Crippen molar-refractivity contribution in [2.75, 3.05) is 19.7 Å². The third-order valence-electron chi connectivity index (χ3n) is 5.80. The second-order valence-corrected chi connectivity index (χ2v) is 8.11. The summed E-state index contributed by atoms with van der Waals surface area (Å²) >= 11 is 0. The average molecular weight is 403 g/mol. The molecule has 0 unspecified atom stereocenters. The molecule has 2 heterocycles. The summed E-state index contributed by atoms with van der Waals surface area (Å²) in [7, 11) is 0. The highest BCUT2D eigenvalue weighted by Crippen LogP contribution is 2.26. The van der Waals surface area contributed by atoms with Crippen molar-refractivity contribution < 1.29 is 14.3 Å². The lowest BCUT2D eigenvalue weighted by atomic mass is 9.87. The number of nitrogens with one attached hydrogen (secondary N) is 2. The van der Waals surface area contributed by atoms with Crippen LogP contribution in [0.25, 0.3) is 0 Å². The number of rotatable bonds is 7. The molecule has 3 rings (SSSR count). The second-order valence-electron chi connectivity index (χ2n) is 8.11. The van der Waals surface area contributed by atoms with Crippen LogP contribution in [0.5, 0.6) is 5.88 Å². The number of urea groups is 1. The highest BCUT2D eigenvalue weighted by Gasteiger charge is 2.29. The minimum Gasteiger partial charge on any atom is -0.478 e. The number of likely N-dealkylation sites (tertiary alicyclic amines) is 1. The topological polar surface area (TPSA) is 83.6 Å². The first-order valence-corrected chi connectivity index (χ1v) is 11.1. The van der Waals surface area contributed by atoms with Gasteiger partial charge in [-0.15, -0.1) is 0 Å². The van der Waals surface area contributed by atoms with Gasteiger partial charge in [-0.2, -0.15) is 0 Å². The maximum absolute atomic E-state index is 12.6. The summed E-state index contributed by atoms with van der Waals surface area (Å²) in [6, 6.07) is 3.68. The summed E-state index contributed by atoms with van der Waals surface area (Å²) in [6.07, 6.45) is 10.0. The largest absolute Gasteiger partial charge is 0.478 e. The second kappa shape index (κ2) is 11.0. The Morgan fingerprint density at radius 2 is 1.90 bits per heavy atom. The summed E-state index contributed by atoms with van der Waals surface area (Å²) in [6.45, 7) is 4.60. The molecule has 1 saturated heterocycles. The zero-order valence-electron chi connectivity index (χ0n) is 17.5. The Kier molecular flexibility index (Phi) is 8.14. The number of hydrogen-bond donors (Lipinski definition) is 2. The van der Waals surface area contributed by atoms with E-state index in [9.17, 15) is 9.59 Å². The smallest absolute Gasteiger partial charge is 0.315 e. The number of hydrogen-bond acceptors (Lipinski definition) is 4. The van der Waals surface area contributed by atoms with Crippen molar-refractivity contribution in [2.45, 2.75) is 70.9 Å². The predicted octanol–water partition coefficient (Wildman–Crippen LogP) is 3.24. The van der Waals surface area contributed by atoms with Gasteiger partial charge in [0.2, 0.25) is 11.8 Å². The molecule has 0 bridgehead atoms. The van der Waals surface area contributed by atoms with Crippen LogP contribution in [0, 0.1) is 5.92 Å². The zero-order chi connectivity index (χ0) is 20.5. The molecule has 0 radical (unpaired) electrons. The number of carbonyl (C=O) groups is 2. The van der Waals surface area contributed by atoms with Crippen molar-refractivity contribution in [1.82, 2.24) is 20.5 Å². The van der Waals surface area contributed by atoms with E-state index in [1.165, 1.54) is 19.3 Å². The highest BCUT2D eigenvalue weighted by molar-refractivity contribution is 5.79. The van der Waals surface area contributed by atoms with Crippen LogP contribution in [0.1, 0.15) is 63.9 Å². The monoisotopic (exact) mass is 402 g/mol. The number of piperidine rings is 1.